The van der Waals surface area contributed by atoms with E-state index in [0.29, 0.717) is 25.3 Å². The summed E-state index contributed by atoms with van der Waals surface area (Å²) in [5.41, 5.74) is -0.214. The average molecular weight is 401 g/mol. The summed E-state index contributed by atoms with van der Waals surface area (Å²) in [5, 5.41) is 0.0999. The second kappa shape index (κ2) is 7.79. The Labute approximate surface area is 154 Å². The van der Waals surface area contributed by atoms with Crippen molar-refractivity contribution >= 4 is 27.5 Å². The van der Waals surface area contributed by atoms with E-state index < -0.39 is 26.4 Å². The minimum absolute atomic E-state index is 0.0999. The van der Waals surface area contributed by atoms with E-state index in [1.54, 1.807) is 24.1 Å². The largest absolute Gasteiger partial charge is 0.468 e. The number of thioether (sulfide) groups is 1. The number of rotatable bonds is 4. The third-order valence-corrected chi connectivity index (χ3v) is 6.87. The summed E-state index contributed by atoms with van der Waals surface area (Å²) in [6.07, 6.45) is 2.23. The van der Waals surface area contributed by atoms with Gasteiger partial charge in [0.05, 0.1) is 22.0 Å². The van der Waals surface area contributed by atoms with Gasteiger partial charge in [-0.1, -0.05) is 12.1 Å². The number of hydrogen-bond acceptors (Lipinski definition) is 5. The maximum absolute atomic E-state index is 12.9. The number of halogens is 2. The van der Waals surface area contributed by atoms with Gasteiger partial charge in [-0.3, -0.25) is 4.79 Å². The van der Waals surface area contributed by atoms with Crippen molar-refractivity contribution in [3.63, 3.8) is 0 Å². The summed E-state index contributed by atoms with van der Waals surface area (Å²) in [4.78, 5) is 13.7. The van der Waals surface area contributed by atoms with Crippen molar-refractivity contribution in [2.45, 2.75) is 22.3 Å². The van der Waals surface area contributed by atoms with Gasteiger partial charge in [-0.15, -0.1) is 11.8 Å². The van der Waals surface area contributed by atoms with E-state index in [2.05, 4.69) is 0 Å². The van der Waals surface area contributed by atoms with Crippen molar-refractivity contribution in [1.82, 2.24) is 4.90 Å². The Morgan fingerprint density at radius 3 is 2.65 bits per heavy atom. The highest BCUT2D eigenvalue weighted by Crippen LogP contribution is 2.35. The summed E-state index contributed by atoms with van der Waals surface area (Å²) in [6, 6.07) is 8.80. The molecule has 1 amide bonds. The van der Waals surface area contributed by atoms with Gasteiger partial charge >= 0.3 is 5.76 Å². The molecule has 0 aliphatic carbocycles. The van der Waals surface area contributed by atoms with Crippen molar-refractivity contribution in [2.75, 3.05) is 18.8 Å². The summed E-state index contributed by atoms with van der Waals surface area (Å²) in [6.45, 7) is 0.796. The maximum Gasteiger partial charge on any atom is 0.341 e. The van der Waals surface area contributed by atoms with E-state index in [1.165, 1.54) is 23.1 Å². The Morgan fingerprint density at radius 1 is 1.19 bits per heavy atom. The number of hydrogen-bond donors (Lipinski definition) is 0. The van der Waals surface area contributed by atoms with Crippen LogP contribution in [0.3, 0.4) is 0 Å². The lowest BCUT2D eigenvalue weighted by Gasteiger charge is -2.21. The first-order valence-electron chi connectivity index (χ1n) is 7.96. The minimum Gasteiger partial charge on any atom is -0.468 e. The van der Waals surface area contributed by atoms with Gasteiger partial charge in [-0.2, -0.15) is 8.78 Å². The van der Waals surface area contributed by atoms with Crippen LogP contribution in [0.25, 0.3) is 0 Å². The average Bonchev–Trinajstić information content (AvgIpc) is 3.05. The third-order valence-electron chi connectivity index (χ3n) is 4.15. The molecule has 26 heavy (non-hydrogen) atoms. The van der Waals surface area contributed by atoms with Crippen LogP contribution in [0.15, 0.2) is 52.0 Å². The van der Waals surface area contributed by atoms with Crippen LogP contribution in [0.1, 0.15) is 27.8 Å². The molecule has 1 fully saturated rings. The van der Waals surface area contributed by atoms with Crippen LogP contribution in [-0.2, 0) is 9.84 Å². The van der Waals surface area contributed by atoms with Crippen LogP contribution < -0.4 is 0 Å². The van der Waals surface area contributed by atoms with Gasteiger partial charge in [0.2, 0.25) is 9.84 Å². The monoisotopic (exact) mass is 401 g/mol. The Balaban J connectivity index is 1.82. The molecule has 5 nitrogen and oxygen atoms in total. The number of furan rings is 1. The molecule has 0 spiro atoms. The molecule has 1 atom stereocenters. The Morgan fingerprint density at radius 2 is 1.96 bits per heavy atom. The molecule has 0 N–H and O–H groups in total. The van der Waals surface area contributed by atoms with Gasteiger partial charge in [0.1, 0.15) is 5.76 Å². The molecule has 0 radical (unpaired) electrons. The van der Waals surface area contributed by atoms with Crippen LogP contribution in [0.4, 0.5) is 8.78 Å². The molecule has 1 aromatic carbocycles. The van der Waals surface area contributed by atoms with Gasteiger partial charge in [0, 0.05) is 18.8 Å². The molecule has 0 saturated carbocycles. The van der Waals surface area contributed by atoms with Gasteiger partial charge < -0.3 is 9.32 Å². The first-order valence-corrected chi connectivity index (χ1v) is 10.6. The SMILES string of the molecule is O=C(c1ccccc1S(=O)(=O)C(F)F)N1CCSC(c2ccco2)CC1. The predicted octanol–water partition coefficient (Wildman–Crippen LogP) is 3.60. The standard InChI is InChI=1S/C17H17F2NO4S2/c18-17(19)26(22,23)15-6-2-1-4-12(15)16(21)20-8-7-14(25-11-9-20)13-5-3-10-24-13/h1-6,10,14,17H,7-9,11H2. The zero-order valence-corrected chi connectivity index (χ0v) is 15.3. The number of amides is 1. The smallest absolute Gasteiger partial charge is 0.341 e. The van der Waals surface area contributed by atoms with Crippen molar-refractivity contribution in [1.29, 1.82) is 0 Å². The second-order valence-electron chi connectivity index (χ2n) is 5.76. The number of nitrogens with zero attached hydrogens (tertiary/aromatic N) is 1. The van der Waals surface area contributed by atoms with E-state index in [4.69, 9.17) is 4.42 Å². The molecule has 1 aliphatic heterocycles. The normalized spacial score (nSPS) is 18.7. The molecule has 0 bridgehead atoms. The molecule has 3 rings (SSSR count). The number of alkyl halides is 2. The van der Waals surface area contributed by atoms with Gasteiger partial charge in [0.15, 0.2) is 0 Å². The quantitative estimate of drug-likeness (QED) is 0.783. The lowest BCUT2D eigenvalue weighted by atomic mass is 10.1. The Kier molecular flexibility index (Phi) is 5.67. The Bertz CT molecular complexity index is 869. The van der Waals surface area contributed by atoms with Crippen molar-refractivity contribution < 1.29 is 26.4 Å². The van der Waals surface area contributed by atoms with Gasteiger partial charge in [0.25, 0.3) is 5.91 Å². The van der Waals surface area contributed by atoms with Crippen LogP contribution in [0, 0.1) is 0 Å². The minimum atomic E-state index is -4.85. The molecule has 1 unspecified atom stereocenters. The van der Waals surface area contributed by atoms with Crippen LogP contribution >= 0.6 is 11.8 Å². The number of benzene rings is 1. The van der Waals surface area contributed by atoms with E-state index in [0.717, 1.165) is 11.8 Å². The van der Waals surface area contributed by atoms with E-state index in [1.807, 2.05) is 6.07 Å². The molecule has 9 heteroatoms. The van der Waals surface area contributed by atoms with E-state index >= 15 is 0 Å². The molecular formula is C17H17F2NO4S2. The molecule has 2 aromatic rings. The highest BCUT2D eigenvalue weighted by atomic mass is 32.2. The number of sulfone groups is 1. The number of carbonyl (C=O) groups is 1. The van der Waals surface area contributed by atoms with Crippen molar-refractivity contribution in [2.24, 2.45) is 0 Å². The van der Waals surface area contributed by atoms with Gasteiger partial charge in [-0.05, 0) is 30.7 Å². The zero-order valence-electron chi connectivity index (χ0n) is 13.7. The molecular weight excluding hydrogens is 384 g/mol. The van der Waals surface area contributed by atoms with Crippen molar-refractivity contribution in [3.05, 3.63) is 54.0 Å². The first kappa shape index (κ1) is 18.9. The lowest BCUT2D eigenvalue weighted by Crippen LogP contribution is -2.34. The van der Waals surface area contributed by atoms with Crippen molar-refractivity contribution in [3.8, 4) is 0 Å². The summed E-state index contributed by atoms with van der Waals surface area (Å²) < 4.78 is 55.0. The predicted molar refractivity (Wildman–Crippen MR) is 94.1 cm³/mol. The van der Waals surface area contributed by atoms with Crippen LogP contribution in [0.5, 0.6) is 0 Å². The number of carbonyl (C=O) groups excluding carboxylic acids is 1. The summed E-state index contributed by atoms with van der Waals surface area (Å²) >= 11 is 1.65. The molecule has 1 aliphatic rings. The van der Waals surface area contributed by atoms with Gasteiger partial charge in [-0.25, -0.2) is 8.42 Å². The zero-order chi connectivity index (χ0) is 18.7. The van der Waals surface area contributed by atoms with E-state index in [9.17, 15) is 22.0 Å². The fourth-order valence-electron chi connectivity index (χ4n) is 2.83. The highest BCUT2D eigenvalue weighted by molar-refractivity contribution is 7.99. The Hall–Kier alpha value is -1.87. The van der Waals surface area contributed by atoms with Crippen LogP contribution in [-0.4, -0.2) is 43.8 Å². The topological polar surface area (TPSA) is 67.6 Å². The molecule has 1 saturated heterocycles. The molecule has 2 heterocycles. The molecule has 140 valence electrons. The van der Waals surface area contributed by atoms with E-state index in [-0.39, 0.29) is 10.8 Å². The highest BCUT2D eigenvalue weighted by Gasteiger charge is 2.33. The third kappa shape index (κ3) is 3.78. The summed E-state index contributed by atoms with van der Waals surface area (Å²) in [5.74, 6) is -2.66. The molecule has 1 aromatic heterocycles. The fraction of sp³-hybridized carbons (Fsp3) is 0.353. The van der Waals surface area contributed by atoms with Crippen LogP contribution in [0.2, 0.25) is 0 Å². The lowest BCUT2D eigenvalue weighted by molar-refractivity contribution is 0.0762. The summed E-state index contributed by atoms with van der Waals surface area (Å²) in [7, 11) is -4.85. The fourth-order valence-corrected chi connectivity index (χ4v) is 4.94. The first-order chi connectivity index (χ1) is 12.4. The second-order valence-corrected chi connectivity index (χ2v) is 8.95. The maximum atomic E-state index is 12.9.